The van der Waals surface area contributed by atoms with Crippen molar-refractivity contribution in [2.24, 2.45) is 0 Å². The molecule has 1 aromatic carbocycles. The van der Waals surface area contributed by atoms with Crippen LogP contribution in [-0.4, -0.2) is 25.5 Å². The van der Waals surface area contributed by atoms with Crippen LogP contribution >= 0.6 is 11.3 Å². The first kappa shape index (κ1) is 15.1. The van der Waals surface area contributed by atoms with Crippen LogP contribution in [0.2, 0.25) is 0 Å². The summed E-state index contributed by atoms with van der Waals surface area (Å²) in [4.78, 5) is 3.43. The highest BCUT2D eigenvalue weighted by atomic mass is 32.1. The largest absolute Gasteiger partial charge is 0.311 e. The molecule has 0 aliphatic carbocycles. The van der Waals surface area contributed by atoms with Gasteiger partial charge in [0.25, 0.3) is 0 Å². The summed E-state index contributed by atoms with van der Waals surface area (Å²) in [5, 5.41) is 5.35. The highest BCUT2D eigenvalue weighted by molar-refractivity contribution is 7.10. The number of nitrogens with zero attached hydrogens (tertiary/aromatic N) is 1. The van der Waals surface area contributed by atoms with Gasteiger partial charge in [0, 0.05) is 18.0 Å². The number of likely N-dealkylation sites (N-methyl/N-ethyl adjacent to an activating group) is 1. The van der Waals surface area contributed by atoms with E-state index >= 15 is 0 Å². The Morgan fingerprint density at radius 2 is 2.00 bits per heavy atom. The zero-order valence-corrected chi connectivity index (χ0v) is 12.4. The van der Waals surface area contributed by atoms with Crippen molar-refractivity contribution in [1.82, 2.24) is 10.2 Å². The third-order valence-corrected chi connectivity index (χ3v) is 4.12. The quantitative estimate of drug-likeness (QED) is 0.878. The van der Waals surface area contributed by atoms with Crippen LogP contribution in [0.1, 0.15) is 16.5 Å². The van der Waals surface area contributed by atoms with Crippen LogP contribution in [0.5, 0.6) is 0 Å². The molecule has 1 heterocycles. The van der Waals surface area contributed by atoms with Crippen molar-refractivity contribution in [2.75, 3.05) is 20.6 Å². The van der Waals surface area contributed by atoms with Gasteiger partial charge in [-0.25, -0.2) is 8.78 Å². The van der Waals surface area contributed by atoms with E-state index < -0.39 is 11.6 Å². The van der Waals surface area contributed by atoms with Gasteiger partial charge in [-0.1, -0.05) is 12.1 Å². The minimum Gasteiger partial charge on any atom is -0.311 e. The summed E-state index contributed by atoms with van der Waals surface area (Å²) in [5.41, 5.74) is 0.743. The van der Waals surface area contributed by atoms with Gasteiger partial charge >= 0.3 is 0 Å². The van der Waals surface area contributed by atoms with Crippen molar-refractivity contribution < 1.29 is 8.78 Å². The number of benzene rings is 1. The molecule has 0 bridgehead atoms. The molecular formula is C15H18F2N2S. The molecular weight excluding hydrogens is 278 g/mol. The van der Waals surface area contributed by atoms with E-state index in [1.807, 2.05) is 20.2 Å². The molecule has 108 valence electrons. The molecule has 0 radical (unpaired) electrons. The van der Waals surface area contributed by atoms with E-state index in [1.165, 1.54) is 10.9 Å². The average Bonchev–Trinajstić information content (AvgIpc) is 2.92. The maximum Gasteiger partial charge on any atom is 0.159 e. The number of rotatable bonds is 6. The third-order valence-electron chi connectivity index (χ3n) is 3.15. The molecule has 1 unspecified atom stereocenters. The van der Waals surface area contributed by atoms with E-state index in [2.05, 4.69) is 21.7 Å². The summed E-state index contributed by atoms with van der Waals surface area (Å²) in [6.45, 7) is 1.28. The summed E-state index contributed by atoms with van der Waals surface area (Å²) >= 11 is 1.72. The standard InChI is InChI=1S/C15H18F2N2S/c1-19(2)14(15-4-3-7-20-15)10-18-9-11-5-6-12(16)13(17)8-11/h3-8,14,18H,9-10H2,1-2H3. The molecule has 0 aliphatic rings. The van der Waals surface area contributed by atoms with Crippen LogP contribution in [0, 0.1) is 11.6 Å². The normalized spacial score (nSPS) is 12.8. The van der Waals surface area contributed by atoms with Crippen LogP contribution in [0.25, 0.3) is 0 Å². The van der Waals surface area contributed by atoms with Gasteiger partial charge in [-0.15, -0.1) is 11.3 Å². The molecule has 2 aromatic rings. The minimum absolute atomic E-state index is 0.278. The number of halogens is 2. The fourth-order valence-electron chi connectivity index (χ4n) is 2.02. The van der Waals surface area contributed by atoms with E-state index in [9.17, 15) is 8.78 Å². The van der Waals surface area contributed by atoms with Gasteiger partial charge in [0.05, 0.1) is 6.04 Å². The van der Waals surface area contributed by atoms with Crippen molar-refractivity contribution in [2.45, 2.75) is 12.6 Å². The second kappa shape index (κ2) is 6.92. The minimum atomic E-state index is -0.807. The number of hydrogen-bond donors (Lipinski definition) is 1. The average molecular weight is 296 g/mol. The lowest BCUT2D eigenvalue weighted by atomic mass is 10.2. The Hall–Kier alpha value is -1.30. The molecule has 0 amide bonds. The van der Waals surface area contributed by atoms with E-state index in [1.54, 1.807) is 17.4 Å². The molecule has 0 saturated carbocycles. The number of nitrogens with one attached hydrogen (secondary N) is 1. The SMILES string of the molecule is CN(C)C(CNCc1ccc(F)c(F)c1)c1cccs1. The zero-order chi connectivity index (χ0) is 14.5. The maximum absolute atomic E-state index is 13.1. The summed E-state index contributed by atoms with van der Waals surface area (Å²) in [5.74, 6) is -1.61. The van der Waals surface area contributed by atoms with Gasteiger partial charge < -0.3 is 10.2 Å². The molecule has 1 N–H and O–H groups in total. The van der Waals surface area contributed by atoms with Crippen molar-refractivity contribution in [1.29, 1.82) is 0 Å². The second-order valence-electron chi connectivity index (χ2n) is 4.87. The van der Waals surface area contributed by atoms with Crippen LogP contribution < -0.4 is 5.32 Å². The summed E-state index contributed by atoms with van der Waals surface area (Å²) < 4.78 is 25.9. The lowest BCUT2D eigenvalue weighted by Gasteiger charge is -2.23. The van der Waals surface area contributed by atoms with E-state index in [0.717, 1.165) is 18.2 Å². The number of thiophene rings is 1. The van der Waals surface area contributed by atoms with Gasteiger partial charge in [-0.05, 0) is 43.2 Å². The lowest BCUT2D eigenvalue weighted by Crippen LogP contribution is -2.30. The maximum atomic E-state index is 13.1. The fraction of sp³-hybridized carbons (Fsp3) is 0.333. The molecule has 0 spiro atoms. The van der Waals surface area contributed by atoms with Crippen molar-refractivity contribution in [3.05, 3.63) is 57.8 Å². The summed E-state index contributed by atoms with van der Waals surface area (Å²) in [7, 11) is 4.06. The molecule has 0 saturated heterocycles. The first-order valence-electron chi connectivity index (χ1n) is 6.42. The molecule has 2 rings (SSSR count). The van der Waals surface area contributed by atoms with Crippen molar-refractivity contribution >= 4 is 11.3 Å². The Balaban J connectivity index is 1.92. The van der Waals surface area contributed by atoms with Crippen LogP contribution in [0.15, 0.2) is 35.7 Å². The third kappa shape index (κ3) is 3.85. The Bertz CT molecular complexity index is 541. The monoisotopic (exact) mass is 296 g/mol. The summed E-state index contributed by atoms with van der Waals surface area (Å²) in [6.07, 6.45) is 0. The van der Waals surface area contributed by atoms with Crippen molar-refractivity contribution in [3.63, 3.8) is 0 Å². The van der Waals surface area contributed by atoms with Gasteiger partial charge in [-0.3, -0.25) is 0 Å². The smallest absolute Gasteiger partial charge is 0.159 e. The molecule has 0 fully saturated rings. The van der Waals surface area contributed by atoms with Gasteiger partial charge in [-0.2, -0.15) is 0 Å². The van der Waals surface area contributed by atoms with Crippen LogP contribution in [-0.2, 0) is 6.54 Å². The predicted octanol–water partition coefficient (Wildman–Crippen LogP) is 3.42. The number of hydrogen-bond acceptors (Lipinski definition) is 3. The Morgan fingerprint density at radius 3 is 2.60 bits per heavy atom. The van der Waals surface area contributed by atoms with Crippen LogP contribution in [0.4, 0.5) is 8.78 Å². The van der Waals surface area contributed by atoms with Gasteiger partial charge in [0.15, 0.2) is 11.6 Å². The van der Waals surface area contributed by atoms with E-state index in [4.69, 9.17) is 0 Å². The predicted molar refractivity (Wildman–Crippen MR) is 78.8 cm³/mol. The zero-order valence-electron chi connectivity index (χ0n) is 11.6. The fourth-order valence-corrected chi connectivity index (χ4v) is 2.94. The Labute approximate surface area is 122 Å². The van der Waals surface area contributed by atoms with Crippen molar-refractivity contribution in [3.8, 4) is 0 Å². The highest BCUT2D eigenvalue weighted by Gasteiger charge is 2.14. The second-order valence-corrected chi connectivity index (χ2v) is 5.85. The first-order valence-corrected chi connectivity index (χ1v) is 7.30. The highest BCUT2D eigenvalue weighted by Crippen LogP contribution is 2.22. The molecule has 20 heavy (non-hydrogen) atoms. The van der Waals surface area contributed by atoms with Gasteiger partial charge in [0.2, 0.25) is 0 Å². The first-order chi connectivity index (χ1) is 9.58. The molecule has 0 aliphatic heterocycles. The van der Waals surface area contributed by atoms with Gasteiger partial charge in [0.1, 0.15) is 0 Å². The molecule has 1 atom stereocenters. The van der Waals surface area contributed by atoms with E-state index in [-0.39, 0.29) is 6.04 Å². The lowest BCUT2D eigenvalue weighted by molar-refractivity contribution is 0.292. The topological polar surface area (TPSA) is 15.3 Å². The summed E-state index contributed by atoms with van der Waals surface area (Å²) in [6, 6.07) is 8.41. The van der Waals surface area contributed by atoms with E-state index in [0.29, 0.717) is 6.54 Å². The Morgan fingerprint density at radius 1 is 1.20 bits per heavy atom. The Kier molecular flexibility index (Phi) is 5.23. The molecule has 5 heteroatoms. The van der Waals surface area contributed by atoms with Crippen LogP contribution in [0.3, 0.4) is 0 Å². The molecule has 1 aromatic heterocycles. The molecule has 2 nitrogen and oxygen atoms in total.